The molecule has 2 aromatic rings. The van der Waals surface area contributed by atoms with E-state index < -0.39 is 0 Å². The summed E-state index contributed by atoms with van der Waals surface area (Å²) in [5, 5.41) is 3.36. The van der Waals surface area contributed by atoms with Gasteiger partial charge in [-0.15, -0.1) is 0 Å². The topological polar surface area (TPSA) is 73.3 Å². The Balaban J connectivity index is 2.22. The van der Waals surface area contributed by atoms with Gasteiger partial charge in [-0.3, -0.25) is 0 Å². The lowest BCUT2D eigenvalue weighted by atomic mass is 9.83. The Labute approximate surface area is 159 Å². The van der Waals surface area contributed by atoms with Gasteiger partial charge >= 0.3 is 5.97 Å². The van der Waals surface area contributed by atoms with E-state index in [9.17, 15) is 4.79 Å². The van der Waals surface area contributed by atoms with Crippen molar-refractivity contribution in [3.63, 3.8) is 0 Å². The van der Waals surface area contributed by atoms with E-state index in [0.717, 1.165) is 24.1 Å². The maximum atomic E-state index is 12.8. The van der Waals surface area contributed by atoms with Crippen LogP contribution in [0.3, 0.4) is 0 Å². The molecule has 1 aliphatic rings. The molecule has 1 unspecified atom stereocenters. The number of carbonyl (C=O) groups excluding carboxylic acids is 1. The van der Waals surface area contributed by atoms with Crippen LogP contribution in [0.4, 0.5) is 5.82 Å². The van der Waals surface area contributed by atoms with Crippen molar-refractivity contribution in [2.75, 3.05) is 18.5 Å². The first kappa shape index (κ1) is 18.9. The van der Waals surface area contributed by atoms with Crippen molar-refractivity contribution in [2.24, 2.45) is 0 Å². The van der Waals surface area contributed by atoms with Gasteiger partial charge in [0.1, 0.15) is 17.4 Å². The van der Waals surface area contributed by atoms with Gasteiger partial charge in [0.15, 0.2) is 0 Å². The third-order valence-electron chi connectivity index (χ3n) is 4.40. The van der Waals surface area contributed by atoms with Crippen molar-refractivity contribution in [1.82, 2.24) is 9.97 Å². The van der Waals surface area contributed by atoms with Gasteiger partial charge in [0.25, 0.3) is 0 Å². The van der Waals surface area contributed by atoms with E-state index >= 15 is 0 Å². The quantitative estimate of drug-likeness (QED) is 0.779. The number of allylic oxidation sites excluding steroid dienone is 1. The predicted molar refractivity (Wildman–Crippen MR) is 104 cm³/mol. The molecule has 1 N–H and O–H groups in total. The summed E-state index contributed by atoms with van der Waals surface area (Å²) >= 11 is 0. The number of nitrogens with zero attached hydrogens (tertiary/aromatic N) is 2. The molecule has 6 nitrogen and oxygen atoms in total. The Morgan fingerprint density at radius 1 is 1.19 bits per heavy atom. The normalized spacial score (nSPS) is 15.8. The molecule has 0 fully saturated rings. The third kappa shape index (κ3) is 3.79. The van der Waals surface area contributed by atoms with Crippen LogP contribution in [0.25, 0.3) is 0 Å². The molecule has 0 spiro atoms. The molecule has 0 amide bonds. The number of benzene rings is 1. The maximum Gasteiger partial charge on any atom is 0.338 e. The maximum absolute atomic E-state index is 12.8. The Bertz CT molecular complexity index is 862. The fourth-order valence-corrected chi connectivity index (χ4v) is 3.27. The summed E-state index contributed by atoms with van der Waals surface area (Å²) in [6.07, 6.45) is 0.953. The SMILES string of the molecule is CCCNc1nc(C)nc2c1C(c1ccccc1)C(C(=O)OCC)=C(C)O2. The smallest absolute Gasteiger partial charge is 0.338 e. The van der Waals surface area contributed by atoms with Gasteiger partial charge in [-0.05, 0) is 32.8 Å². The van der Waals surface area contributed by atoms with E-state index in [0.29, 0.717) is 35.5 Å². The molecule has 2 heterocycles. The van der Waals surface area contributed by atoms with Gasteiger partial charge in [-0.1, -0.05) is 37.3 Å². The number of nitrogens with one attached hydrogen (secondary N) is 1. The van der Waals surface area contributed by atoms with Gasteiger partial charge < -0.3 is 14.8 Å². The molecule has 1 aromatic carbocycles. The minimum absolute atomic E-state index is 0.301. The van der Waals surface area contributed by atoms with Crippen LogP contribution in [0.1, 0.15) is 50.1 Å². The second-order valence-electron chi connectivity index (χ2n) is 6.40. The largest absolute Gasteiger partial charge is 0.463 e. The van der Waals surface area contributed by atoms with Crippen LogP contribution in [0.2, 0.25) is 0 Å². The van der Waals surface area contributed by atoms with Gasteiger partial charge in [0.05, 0.1) is 23.7 Å². The summed E-state index contributed by atoms with van der Waals surface area (Å²) in [7, 11) is 0. The minimum atomic E-state index is -0.378. The van der Waals surface area contributed by atoms with Crippen LogP contribution < -0.4 is 10.1 Å². The summed E-state index contributed by atoms with van der Waals surface area (Å²) in [5.41, 5.74) is 2.23. The highest BCUT2D eigenvalue weighted by molar-refractivity contribution is 5.93. The zero-order valence-corrected chi connectivity index (χ0v) is 16.2. The zero-order chi connectivity index (χ0) is 19.4. The number of hydrogen-bond donors (Lipinski definition) is 1. The van der Waals surface area contributed by atoms with Crippen LogP contribution in [-0.4, -0.2) is 29.1 Å². The standard InChI is InChI=1S/C21H25N3O3/c1-5-12-22-19-18-17(15-10-8-7-9-11-15)16(21(25)26-6-2)13(3)27-20(18)24-14(4)23-19/h7-11,17H,5-6,12H2,1-4H3,(H,22,23,24). The number of aryl methyl sites for hydroxylation is 1. The average Bonchev–Trinajstić information content (AvgIpc) is 2.65. The Kier molecular flexibility index (Phi) is 5.74. The summed E-state index contributed by atoms with van der Waals surface area (Å²) < 4.78 is 11.3. The first-order chi connectivity index (χ1) is 13.1. The lowest BCUT2D eigenvalue weighted by molar-refractivity contribution is -0.139. The molecular weight excluding hydrogens is 342 g/mol. The van der Waals surface area contributed by atoms with Gasteiger partial charge in [-0.25, -0.2) is 9.78 Å². The number of hydrogen-bond acceptors (Lipinski definition) is 6. The summed E-state index contributed by atoms with van der Waals surface area (Å²) in [6, 6.07) is 9.85. The van der Waals surface area contributed by atoms with E-state index in [1.807, 2.05) is 37.3 Å². The van der Waals surface area contributed by atoms with Crippen LogP contribution in [0, 0.1) is 6.92 Å². The molecule has 142 valence electrons. The zero-order valence-electron chi connectivity index (χ0n) is 16.2. The van der Waals surface area contributed by atoms with E-state index in [4.69, 9.17) is 9.47 Å². The van der Waals surface area contributed by atoms with Crippen LogP contribution in [0.5, 0.6) is 5.88 Å². The number of aromatic nitrogens is 2. The van der Waals surface area contributed by atoms with Crippen molar-refractivity contribution in [1.29, 1.82) is 0 Å². The number of fused-ring (bicyclic) bond motifs is 1. The molecule has 1 aliphatic heterocycles. The molecule has 1 atom stereocenters. The molecule has 1 aromatic heterocycles. The molecule has 6 heteroatoms. The lowest BCUT2D eigenvalue weighted by Crippen LogP contribution is -2.25. The van der Waals surface area contributed by atoms with E-state index in [2.05, 4.69) is 22.2 Å². The number of anilines is 1. The Morgan fingerprint density at radius 3 is 2.59 bits per heavy atom. The fraction of sp³-hybridized carbons (Fsp3) is 0.381. The molecular formula is C21H25N3O3. The van der Waals surface area contributed by atoms with E-state index in [1.54, 1.807) is 13.8 Å². The van der Waals surface area contributed by atoms with E-state index in [1.165, 1.54) is 0 Å². The highest BCUT2D eigenvalue weighted by Crippen LogP contribution is 2.45. The number of esters is 1. The van der Waals surface area contributed by atoms with Crippen molar-refractivity contribution >= 4 is 11.8 Å². The fourth-order valence-electron chi connectivity index (χ4n) is 3.27. The van der Waals surface area contributed by atoms with Crippen molar-refractivity contribution in [2.45, 2.75) is 40.0 Å². The highest BCUT2D eigenvalue weighted by atomic mass is 16.5. The van der Waals surface area contributed by atoms with E-state index in [-0.39, 0.29) is 11.9 Å². The Hall–Kier alpha value is -2.89. The van der Waals surface area contributed by atoms with Crippen LogP contribution in [0.15, 0.2) is 41.7 Å². The van der Waals surface area contributed by atoms with Crippen molar-refractivity contribution < 1.29 is 14.3 Å². The summed E-state index contributed by atoms with van der Waals surface area (Å²) in [5.74, 6) is 1.58. The van der Waals surface area contributed by atoms with Crippen LogP contribution in [-0.2, 0) is 9.53 Å². The molecule has 0 saturated carbocycles. The molecule has 0 bridgehead atoms. The second kappa shape index (κ2) is 8.20. The highest BCUT2D eigenvalue weighted by Gasteiger charge is 2.38. The molecule has 3 rings (SSSR count). The predicted octanol–water partition coefficient (Wildman–Crippen LogP) is 3.97. The third-order valence-corrected chi connectivity index (χ3v) is 4.40. The second-order valence-corrected chi connectivity index (χ2v) is 6.40. The molecule has 0 radical (unpaired) electrons. The first-order valence-electron chi connectivity index (χ1n) is 9.29. The van der Waals surface area contributed by atoms with Gasteiger partial charge in [-0.2, -0.15) is 4.98 Å². The minimum Gasteiger partial charge on any atom is -0.463 e. The van der Waals surface area contributed by atoms with Gasteiger partial charge in [0.2, 0.25) is 5.88 Å². The molecule has 27 heavy (non-hydrogen) atoms. The summed E-state index contributed by atoms with van der Waals surface area (Å²) in [4.78, 5) is 21.8. The first-order valence-corrected chi connectivity index (χ1v) is 9.29. The average molecular weight is 367 g/mol. The van der Waals surface area contributed by atoms with Crippen LogP contribution >= 0.6 is 0 Å². The number of ether oxygens (including phenoxy) is 2. The Morgan fingerprint density at radius 2 is 1.93 bits per heavy atom. The summed E-state index contributed by atoms with van der Waals surface area (Å²) in [6.45, 7) is 8.56. The van der Waals surface area contributed by atoms with Crippen molar-refractivity contribution in [3.05, 3.63) is 58.6 Å². The number of rotatable bonds is 6. The van der Waals surface area contributed by atoms with Gasteiger partial charge in [0, 0.05) is 6.54 Å². The molecule has 0 saturated heterocycles. The lowest BCUT2D eigenvalue weighted by Gasteiger charge is -2.30. The number of carbonyl (C=O) groups is 1. The monoisotopic (exact) mass is 367 g/mol. The van der Waals surface area contributed by atoms with Crippen molar-refractivity contribution in [3.8, 4) is 5.88 Å². The molecule has 0 aliphatic carbocycles.